The van der Waals surface area contributed by atoms with E-state index < -0.39 is 0 Å². The summed E-state index contributed by atoms with van der Waals surface area (Å²) in [6.07, 6.45) is 5.61. The van der Waals surface area contributed by atoms with Gasteiger partial charge in [-0.05, 0) is 19.1 Å². The molecule has 1 rings (SSSR count). The van der Waals surface area contributed by atoms with Crippen LogP contribution in [0.15, 0.2) is 35.0 Å². The lowest BCUT2D eigenvalue weighted by Gasteiger charge is -2.08. The lowest BCUT2D eigenvalue weighted by molar-refractivity contribution is 0.441. The first-order valence-corrected chi connectivity index (χ1v) is 4.86. The van der Waals surface area contributed by atoms with Crippen LogP contribution in [0.1, 0.15) is 18.7 Å². The fourth-order valence-electron chi connectivity index (χ4n) is 1.03. The van der Waals surface area contributed by atoms with E-state index in [9.17, 15) is 0 Å². The molecule has 1 heterocycles. The Hall–Kier alpha value is -0.730. The topological polar surface area (TPSA) is 25.2 Å². The van der Waals surface area contributed by atoms with Gasteiger partial charge in [0.25, 0.3) is 0 Å². The molecule has 0 radical (unpaired) electrons. The molecule has 1 aromatic rings. The van der Waals surface area contributed by atoms with Gasteiger partial charge >= 0.3 is 0 Å². The fourth-order valence-corrected chi connectivity index (χ4v) is 1.16. The van der Waals surface area contributed by atoms with Crippen LogP contribution in [0, 0.1) is 0 Å². The Morgan fingerprint density at radius 1 is 1.62 bits per heavy atom. The SMILES string of the molecule is C[C@@H](NC/C=C/CCl)c1ccco1. The molecular formula is C10H14ClNO. The maximum Gasteiger partial charge on any atom is 0.120 e. The van der Waals surface area contributed by atoms with Crippen LogP contribution in [-0.4, -0.2) is 12.4 Å². The average molecular weight is 200 g/mol. The zero-order valence-electron chi connectivity index (χ0n) is 7.66. The van der Waals surface area contributed by atoms with Gasteiger partial charge in [0.1, 0.15) is 5.76 Å². The van der Waals surface area contributed by atoms with Crippen molar-refractivity contribution in [3.63, 3.8) is 0 Å². The number of furan rings is 1. The minimum absolute atomic E-state index is 0.245. The quantitative estimate of drug-likeness (QED) is 0.583. The van der Waals surface area contributed by atoms with Crippen molar-refractivity contribution in [2.24, 2.45) is 0 Å². The van der Waals surface area contributed by atoms with E-state index >= 15 is 0 Å². The van der Waals surface area contributed by atoms with Gasteiger partial charge in [-0.25, -0.2) is 0 Å². The highest BCUT2D eigenvalue weighted by Gasteiger charge is 2.04. The molecule has 0 unspecified atom stereocenters. The molecule has 0 saturated heterocycles. The highest BCUT2D eigenvalue weighted by atomic mass is 35.5. The second-order valence-electron chi connectivity index (χ2n) is 2.77. The largest absolute Gasteiger partial charge is 0.468 e. The number of hydrogen-bond donors (Lipinski definition) is 1. The van der Waals surface area contributed by atoms with Crippen LogP contribution in [-0.2, 0) is 0 Å². The third-order valence-corrected chi connectivity index (χ3v) is 1.95. The molecule has 3 heteroatoms. The third kappa shape index (κ3) is 3.66. The summed E-state index contributed by atoms with van der Waals surface area (Å²) in [5.74, 6) is 1.52. The summed E-state index contributed by atoms with van der Waals surface area (Å²) in [7, 11) is 0. The molecule has 1 N–H and O–H groups in total. The maximum absolute atomic E-state index is 5.48. The molecule has 2 nitrogen and oxygen atoms in total. The zero-order chi connectivity index (χ0) is 9.52. The number of rotatable bonds is 5. The molecule has 0 fully saturated rings. The summed E-state index contributed by atoms with van der Waals surface area (Å²) in [4.78, 5) is 0. The number of allylic oxidation sites excluding steroid dienone is 1. The predicted molar refractivity (Wildman–Crippen MR) is 55.0 cm³/mol. The van der Waals surface area contributed by atoms with Crippen molar-refractivity contribution in [3.05, 3.63) is 36.3 Å². The summed E-state index contributed by atoms with van der Waals surface area (Å²) in [6, 6.07) is 4.10. The molecule has 1 atom stereocenters. The van der Waals surface area contributed by atoms with Gasteiger partial charge in [-0.15, -0.1) is 11.6 Å². The fraction of sp³-hybridized carbons (Fsp3) is 0.400. The van der Waals surface area contributed by atoms with Crippen molar-refractivity contribution in [1.82, 2.24) is 5.32 Å². The Bertz CT molecular complexity index is 243. The molecule has 0 bridgehead atoms. The highest BCUT2D eigenvalue weighted by molar-refractivity contribution is 6.18. The Balaban J connectivity index is 2.26. The molecule has 0 saturated carbocycles. The van der Waals surface area contributed by atoms with Crippen molar-refractivity contribution in [3.8, 4) is 0 Å². The second kappa shape index (κ2) is 5.84. The molecule has 72 valence electrons. The Kier molecular flexibility index (Phi) is 4.65. The summed E-state index contributed by atoms with van der Waals surface area (Å²) < 4.78 is 5.24. The van der Waals surface area contributed by atoms with Gasteiger partial charge in [0.15, 0.2) is 0 Å². The zero-order valence-corrected chi connectivity index (χ0v) is 8.42. The highest BCUT2D eigenvalue weighted by Crippen LogP contribution is 2.11. The van der Waals surface area contributed by atoms with Crippen molar-refractivity contribution in [2.75, 3.05) is 12.4 Å². The summed E-state index contributed by atoms with van der Waals surface area (Å²) >= 11 is 5.48. The van der Waals surface area contributed by atoms with Crippen molar-refractivity contribution >= 4 is 11.6 Å². The third-order valence-electron chi connectivity index (χ3n) is 1.77. The Morgan fingerprint density at radius 3 is 3.08 bits per heavy atom. The van der Waals surface area contributed by atoms with Crippen LogP contribution >= 0.6 is 11.6 Å². The van der Waals surface area contributed by atoms with E-state index in [0.29, 0.717) is 5.88 Å². The van der Waals surface area contributed by atoms with E-state index in [1.54, 1.807) is 6.26 Å². The van der Waals surface area contributed by atoms with Crippen LogP contribution in [0.25, 0.3) is 0 Å². The molecule has 0 aliphatic carbocycles. The minimum atomic E-state index is 0.245. The normalized spacial score (nSPS) is 13.7. The van der Waals surface area contributed by atoms with Crippen LogP contribution in [0.2, 0.25) is 0 Å². The standard InChI is InChI=1S/C10H14ClNO/c1-9(10-5-4-8-13-10)12-7-3-2-6-11/h2-5,8-9,12H,6-7H2,1H3/b3-2+/t9-/m1/s1. The monoisotopic (exact) mass is 199 g/mol. The lowest BCUT2D eigenvalue weighted by Crippen LogP contribution is -2.17. The molecule has 1 aromatic heterocycles. The minimum Gasteiger partial charge on any atom is -0.468 e. The van der Waals surface area contributed by atoms with Gasteiger partial charge in [-0.1, -0.05) is 12.2 Å². The molecule has 13 heavy (non-hydrogen) atoms. The molecule has 0 amide bonds. The van der Waals surface area contributed by atoms with E-state index in [0.717, 1.165) is 12.3 Å². The van der Waals surface area contributed by atoms with Crippen molar-refractivity contribution in [1.29, 1.82) is 0 Å². The maximum atomic E-state index is 5.48. The van der Waals surface area contributed by atoms with Gasteiger partial charge in [0.2, 0.25) is 0 Å². The van der Waals surface area contributed by atoms with Crippen molar-refractivity contribution < 1.29 is 4.42 Å². The van der Waals surface area contributed by atoms with Gasteiger partial charge < -0.3 is 9.73 Å². The van der Waals surface area contributed by atoms with Gasteiger partial charge in [-0.2, -0.15) is 0 Å². The van der Waals surface area contributed by atoms with E-state index in [1.807, 2.05) is 24.3 Å². The van der Waals surface area contributed by atoms with E-state index in [4.69, 9.17) is 16.0 Å². The number of alkyl halides is 1. The summed E-state index contributed by atoms with van der Waals surface area (Å²) in [5.41, 5.74) is 0. The molecular weight excluding hydrogens is 186 g/mol. The number of halogens is 1. The van der Waals surface area contributed by atoms with Crippen LogP contribution in [0.5, 0.6) is 0 Å². The average Bonchev–Trinajstić information content (AvgIpc) is 2.65. The van der Waals surface area contributed by atoms with Crippen LogP contribution in [0.4, 0.5) is 0 Å². The van der Waals surface area contributed by atoms with E-state index in [-0.39, 0.29) is 6.04 Å². The number of nitrogens with one attached hydrogen (secondary N) is 1. The first-order chi connectivity index (χ1) is 6.34. The van der Waals surface area contributed by atoms with Crippen LogP contribution in [0.3, 0.4) is 0 Å². The van der Waals surface area contributed by atoms with Gasteiger partial charge in [0.05, 0.1) is 12.3 Å². The smallest absolute Gasteiger partial charge is 0.120 e. The molecule has 0 aliphatic rings. The first-order valence-electron chi connectivity index (χ1n) is 4.32. The molecule has 0 aromatic carbocycles. The van der Waals surface area contributed by atoms with E-state index in [1.165, 1.54) is 0 Å². The summed E-state index contributed by atoms with van der Waals surface area (Å²) in [5, 5.41) is 3.28. The van der Waals surface area contributed by atoms with Gasteiger partial charge in [-0.3, -0.25) is 0 Å². The Labute approximate surface area is 83.6 Å². The number of hydrogen-bond acceptors (Lipinski definition) is 2. The second-order valence-corrected chi connectivity index (χ2v) is 3.08. The Morgan fingerprint density at radius 2 is 2.46 bits per heavy atom. The lowest BCUT2D eigenvalue weighted by atomic mass is 10.2. The van der Waals surface area contributed by atoms with Crippen molar-refractivity contribution in [2.45, 2.75) is 13.0 Å². The summed E-state index contributed by atoms with van der Waals surface area (Å²) in [6.45, 7) is 2.88. The van der Waals surface area contributed by atoms with E-state index in [2.05, 4.69) is 12.2 Å². The molecule has 0 aliphatic heterocycles. The predicted octanol–water partition coefficient (Wildman–Crippen LogP) is 2.73. The van der Waals surface area contributed by atoms with Crippen LogP contribution < -0.4 is 5.32 Å². The molecule has 0 spiro atoms. The first kappa shape index (κ1) is 10.4. The van der Waals surface area contributed by atoms with Gasteiger partial charge in [0, 0.05) is 12.4 Å².